The Bertz CT molecular complexity index is 1110. The minimum atomic E-state index is -4.95. The molecule has 0 aliphatic carbocycles. The second-order valence-electron chi connectivity index (χ2n) is 15.7. The predicted molar refractivity (Wildman–Crippen MR) is 228 cm³/mol. The highest BCUT2D eigenvalue weighted by Gasteiger charge is 2.36. The molecule has 0 aromatic heterocycles. The van der Waals surface area contributed by atoms with Crippen LogP contribution in [-0.2, 0) is 42.2 Å². The van der Waals surface area contributed by atoms with Gasteiger partial charge in [-0.05, 0) is 38.5 Å². The lowest BCUT2D eigenvalue weighted by molar-refractivity contribution is -0.167. The molecular weight excluding hydrogens is 783 g/mol. The second-order valence-corrected chi connectivity index (χ2v) is 17.2. The Hall–Kier alpha value is -1.90. The zero-order valence-electron chi connectivity index (χ0n) is 36.8. The van der Waals surface area contributed by atoms with Crippen LogP contribution in [0.1, 0.15) is 194 Å². The molecule has 0 saturated heterocycles. The number of rotatable bonds is 42. The van der Waals surface area contributed by atoms with Crippen LogP contribution < -0.4 is 0 Å². The molecule has 348 valence electrons. The van der Waals surface area contributed by atoms with E-state index in [0.29, 0.717) is 12.8 Å². The maximum Gasteiger partial charge on any atom is 0.472 e. The lowest BCUT2D eigenvalue weighted by Crippen LogP contribution is -2.49. The molecule has 0 bridgehead atoms. The van der Waals surface area contributed by atoms with Crippen LogP contribution in [0, 0.1) is 0 Å². The molecule has 0 saturated carbocycles. The highest BCUT2D eigenvalue weighted by atomic mass is 31.2. The number of allylic oxidation sites excluding steroid dienone is 2. The third kappa shape index (κ3) is 34.4. The van der Waals surface area contributed by atoms with Gasteiger partial charge in [-0.2, -0.15) is 0 Å². The van der Waals surface area contributed by atoms with Gasteiger partial charge in [0.25, 0.3) is 0 Å². The topological polar surface area (TPSA) is 216 Å². The quantitative estimate of drug-likeness (QED) is 0.0128. The second kappa shape index (κ2) is 39.0. The predicted octanol–water partition coefficient (Wildman–Crippen LogP) is 8.71. The van der Waals surface area contributed by atoms with Gasteiger partial charge in [0.05, 0.1) is 20.3 Å². The summed E-state index contributed by atoms with van der Waals surface area (Å²) in [5, 5.41) is 39.8. The Morgan fingerprint density at radius 3 is 1.41 bits per heavy atom. The van der Waals surface area contributed by atoms with E-state index in [4.69, 9.17) is 18.5 Å². The largest absolute Gasteiger partial charge is 0.472 e. The van der Waals surface area contributed by atoms with Gasteiger partial charge in [0, 0.05) is 12.8 Å². The monoisotopic (exact) mass is 867 g/mol. The molecule has 59 heavy (non-hydrogen) atoms. The molecule has 0 aliphatic rings. The fraction of sp³-hybridized carbons (Fsp3) is 0.886. The van der Waals surface area contributed by atoms with Crippen LogP contribution >= 0.6 is 7.82 Å². The van der Waals surface area contributed by atoms with Gasteiger partial charge in [-0.1, -0.05) is 154 Å². The molecule has 14 nitrogen and oxygen atoms in total. The lowest BCUT2D eigenvalue weighted by atomic mass is 10.0. The molecule has 6 atom stereocenters. The van der Waals surface area contributed by atoms with E-state index in [0.717, 1.165) is 64.9 Å². The zero-order valence-corrected chi connectivity index (χ0v) is 37.7. The number of aliphatic hydroxyl groups excluding tert-OH is 4. The molecule has 0 heterocycles. The number of hydrogen-bond acceptors (Lipinski definition) is 13. The summed E-state index contributed by atoms with van der Waals surface area (Å²) >= 11 is 0. The Balaban J connectivity index is 4.75. The first-order chi connectivity index (χ1) is 28.4. The molecule has 6 unspecified atom stereocenters. The Kier molecular flexibility index (Phi) is 37.7. The van der Waals surface area contributed by atoms with Crippen LogP contribution in [0.15, 0.2) is 12.2 Å². The smallest absolute Gasteiger partial charge is 0.467 e. The van der Waals surface area contributed by atoms with Crippen molar-refractivity contribution >= 4 is 25.7 Å². The van der Waals surface area contributed by atoms with Gasteiger partial charge < -0.3 is 39.5 Å². The number of carbonyl (C=O) groups excluding carboxylic acids is 3. The average molecular weight is 867 g/mol. The van der Waals surface area contributed by atoms with Crippen molar-refractivity contribution < 1.29 is 67.5 Å². The summed E-state index contributed by atoms with van der Waals surface area (Å²) in [6.07, 6.45) is 24.6. The SMILES string of the molecule is CCCCCCCCC=CCCCCCCCC(=O)OC(COC(=O)CCCCCCCCCCCCCCC)COP(=O)(O)OCC(O)C(O)C(O)C(O)C(=O)OC. The van der Waals surface area contributed by atoms with E-state index in [-0.39, 0.29) is 12.8 Å². The number of phosphoric acid groups is 1. The van der Waals surface area contributed by atoms with Crippen LogP contribution in [0.2, 0.25) is 0 Å². The van der Waals surface area contributed by atoms with Gasteiger partial charge in [0.1, 0.15) is 24.9 Å². The third-order valence-electron chi connectivity index (χ3n) is 10.2. The minimum absolute atomic E-state index is 0.0959. The van der Waals surface area contributed by atoms with E-state index >= 15 is 0 Å². The van der Waals surface area contributed by atoms with Gasteiger partial charge in [-0.25, -0.2) is 9.36 Å². The van der Waals surface area contributed by atoms with Crippen LogP contribution in [0.5, 0.6) is 0 Å². The van der Waals surface area contributed by atoms with Crippen molar-refractivity contribution in [2.24, 2.45) is 0 Å². The first-order valence-corrected chi connectivity index (χ1v) is 24.3. The van der Waals surface area contributed by atoms with E-state index < -0.39 is 76.1 Å². The molecule has 0 amide bonds. The average Bonchev–Trinajstić information content (AvgIpc) is 3.22. The molecule has 0 spiro atoms. The van der Waals surface area contributed by atoms with Crippen molar-refractivity contribution in [2.45, 2.75) is 224 Å². The van der Waals surface area contributed by atoms with Crippen molar-refractivity contribution in [1.29, 1.82) is 0 Å². The van der Waals surface area contributed by atoms with E-state index in [9.17, 15) is 44.3 Å². The number of carbonyl (C=O) groups is 3. The highest BCUT2D eigenvalue weighted by Crippen LogP contribution is 2.43. The summed E-state index contributed by atoms with van der Waals surface area (Å²) < 4.78 is 37.3. The molecule has 0 radical (unpaired) electrons. The van der Waals surface area contributed by atoms with Gasteiger partial charge in [-0.15, -0.1) is 0 Å². The minimum Gasteiger partial charge on any atom is -0.467 e. The fourth-order valence-corrected chi connectivity index (χ4v) is 7.17. The van der Waals surface area contributed by atoms with E-state index in [1.807, 2.05) is 0 Å². The summed E-state index contributed by atoms with van der Waals surface area (Å²) in [7, 11) is -4.01. The standard InChI is InChI=1S/C44H83O14P/c1-4-6-8-10-12-14-16-18-19-21-23-25-27-29-31-33-40(47)58-37(34-55-39(46)32-30-28-26-24-22-20-17-15-13-11-9-7-5-2)35-56-59(52,53)57-36-38(45)41(48)42(49)43(50)44(51)54-3/h18-19,37-38,41-43,45,48-50H,4-17,20-36H2,1-3H3,(H,52,53). The van der Waals surface area contributed by atoms with Crippen molar-refractivity contribution in [2.75, 3.05) is 26.9 Å². The molecule has 0 fully saturated rings. The van der Waals surface area contributed by atoms with Gasteiger partial charge >= 0.3 is 25.7 Å². The maximum atomic E-state index is 12.7. The number of phosphoric ester groups is 1. The van der Waals surface area contributed by atoms with E-state index in [1.165, 1.54) is 96.3 Å². The molecule has 15 heteroatoms. The van der Waals surface area contributed by atoms with Crippen LogP contribution in [-0.4, -0.2) is 101 Å². The summed E-state index contributed by atoms with van der Waals surface area (Å²) in [5.41, 5.74) is 0. The third-order valence-corrected chi connectivity index (χ3v) is 11.1. The summed E-state index contributed by atoms with van der Waals surface area (Å²) in [4.78, 5) is 46.9. The maximum absolute atomic E-state index is 12.7. The number of methoxy groups -OCH3 is 1. The van der Waals surface area contributed by atoms with Crippen LogP contribution in [0.3, 0.4) is 0 Å². The van der Waals surface area contributed by atoms with E-state index in [1.54, 1.807) is 0 Å². The number of aliphatic hydroxyl groups is 4. The highest BCUT2D eigenvalue weighted by molar-refractivity contribution is 7.47. The summed E-state index contributed by atoms with van der Waals surface area (Å²) in [6, 6.07) is 0. The van der Waals surface area contributed by atoms with Crippen molar-refractivity contribution in [3.63, 3.8) is 0 Å². The lowest BCUT2D eigenvalue weighted by Gasteiger charge is -2.25. The van der Waals surface area contributed by atoms with Crippen molar-refractivity contribution in [1.82, 2.24) is 0 Å². The molecule has 0 rings (SSSR count). The number of unbranched alkanes of at least 4 members (excludes halogenated alkanes) is 23. The Labute approximate surface area is 355 Å². The van der Waals surface area contributed by atoms with Crippen LogP contribution in [0.4, 0.5) is 0 Å². The molecule has 0 aromatic rings. The zero-order chi connectivity index (χ0) is 44.0. The number of hydrogen-bond donors (Lipinski definition) is 5. The summed E-state index contributed by atoms with van der Waals surface area (Å²) in [5.74, 6) is -2.36. The first-order valence-electron chi connectivity index (χ1n) is 22.8. The van der Waals surface area contributed by atoms with Gasteiger partial charge in [0.2, 0.25) is 0 Å². The normalized spacial score (nSPS) is 15.3. The Morgan fingerprint density at radius 1 is 0.542 bits per heavy atom. The number of esters is 3. The molecule has 0 aromatic carbocycles. The fourth-order valence-electron chi connectivity index (χ4n) is 6.40. The number of ether oxygens (including phenoxy) is 3. The molecular formula is C44H83O14P. The van der Waals surface area contributed by atoms with Gasteiger partial charge in [-0.3, -0.25) is 18.6 Å². The van der Waals surface area contributed by atoms with Crippen molar-refractivity contribution in [3.05, 3.63) is 12.2 Å². The molecule has 0 aliphatic heterocycles. The van der Waals surface area contributed by atoms with E-state index in [2.05, 4.69) is 30.7 Å². The first kappa shape index (κ1) is 57.1. The molecule has 5 N–H and O–H groups in total. The Morgan fingerprint density at radius 2 is 0.949 bits per heavy atom. The van der Waals surface area contributed by atoms with Crippen molar-refractivity contribution in [3.8, 4) is 0 Å². The summed E-state index contributed by atoms with van der Waals surface area (Å²) in [6.45, 7) is 2.29. The van der Waals surface area contributed by atoms with Gasteiger partial charge in [0.15, 0.2) is 12.2 Å². The van der Waals surface area contributed by atoms with Crippen LogP contribution in [0.25, 0.3) is 0 Å².